The predicted molar refractivity (Wildman–Crippen MR) is 109 cm³/mol. The monoisotopic (exact) mass is 474 g/mol. The Balaban J connectivity index is 2.43. The Bertz CT molecular complexity index is 813. The van der Waals surface area contributed by atoms with Crippen molar-refractivity contribution in [3.63, 3.8) is 0 Å². The van der Waals surface area contributed by atoms with E-state index in [9.17, 15) is 19.2 Å². The number of benzene rings is 1. The molecule has 0 unspecified atom stereocenters. The Labute approximate surface area is 188 Å². The third-order valence-corrected chi connectivity index (χ3v) is 5.42. The minimum atomic E-state index is -1.19. The molecule has 1 aliphatic rings. The van der Waals surface area contributed by atoms with Gasteiger partial charge in [0.2, 0.25) is 0 Å². The number of hydrogen-bond donors (Lipinski definition) is 0. The molecular weight excluding hydrogens is 452 g/mol. The molecule has 1 fully saturated rings. The summed E-state index contributed by atoms with van der Waals surface area (Å²) >= 11 is 7.11. The molecule has 0 radical (unpaired) electrons. The fourth-order valence-electron chi connectivity index (χ4n) is 2.93. The molecule has 0 aromatic heterocycles. The molecule has 0 N–H and O–H groups in total. The van der Waals surface area contributed by atoms with Crippen molar-refractivity contribution in [1.82, 2.24) is 0 Å². The average molecular weight is 475 g/mol. The van der Waals surface area contributed by atoms with Gasteiger partial charge >= 0.3 is 23.9 Å². The summed E-state index contributed by atoms with van der Waals surface area (Å²) in [5.41, 5.74) is -0.873. The van der Waals surface area contributed by atoms with Crippen molar-refractivity contribution in [2.45, 2.75) is 62.4 Å². The average Bonchev–Trinajstić information content (AvgIpc) is 2.65. The zero-order valence-electron chi connectivity index (χ0n) is 17.4. The molecule has 0 aliphatic carbocycles. The van der Waals surface area contributed by atoms with Crippen molar-refractivity contribution in [1.29, 1.82) is 0 Å². The highest BCUT2D eigenvalue weighted by Gasteiger charge is 2.52. The number of rotatable bonds is 7. The van der Waals surface area contributed by atoms with Gasteiger partial charge in [0, 0.05) is 37.6 Å². The Morgan fingerprint density at radius 2 is 1.35 bits per heavy atom. The van der Waals surface area contributed by atoms with Gasteiger partial charge in [0.1, 0.15) is 18.1 Å². The van der Waals surface area contributed by atoms with Gasteiger partial charge in [0.25, 0.3) is 0 Å². The van der Waals surface area contributed by atoms with Crippen molar-refractivity contribution in [2.24, 2.45) is 0 Å². The minimum absolute atomic E-state index is 0.268. The van der Waals surface area contributed by atoms with E-state index >= 15 is 0 Å². The zero-order valence-corrected chi connectivity index (χ0v) is 18.9. The number of thioether (sulfide) groups is 1. The van der Waals surface area contributed by atoms with Crippen molar-refractivity contribution in [2.75, 3.05) is 6.61 Å². The molecule has 5 atom stereocenters. The van der Waals surface area contributed by atoms with Crippen LogP contribution in [0.3, 0.4) is 0 Å². The van der Waals surface area contributed by atoms with Gasteiger partial charge in [0.05, 0.1) is 0 Å². The van der Waals surface area contributed by atoms with Crippen molar-refractivity contribution >= 4 is 47.2 Å². The highest BCUT2D eigenvalue weighted by molar-refractivity contribution is 7.99. The van der Waals surface area contributed by atoms with Gasteiger partial charge in [-0.1, -0.05) is 23.4 Å². The third-order valence-electron chi connectivity index (χ3n) is 4.01. The van der Waals surface area contributed by atoms with Gasteiger partial charge in [-0.25, -0.2) is 0 Å². The van der Waals surface area contributed by atoms with E-state index in [1.165, 1.54) is 39.5 Å². The van der Waals surface area contributed by atoms with Crippen LogP contribution >= 0.6 is 23.4 Å². The Kier molecular flexibility index (Phi) is 9.15. The Morgan fingerprint density at radius 3 is 1.87 bits per heavy atom. The van der Waals surface area contributed by atoms with Crippen LogP contribution in [0.15, 0.2) is 29.2 Å². The molecule has 0 amide bonds. The number of carbonyl (C=O) groups is 4. The second-order valence-corrected chi connectivity index (χ2v) is 8.25. The number of esters is 4. The van der Waals surface area contributed by atoms with Crippen LogP contribution in [0.5, 0.6) is 0 Å². The maximum atomic E-state index is 11.8. The first-order valence-electron chi connectivity index (χ1n) is 9.29. The van der Waals surface area contributed by atoms with Crippen LogP contribution in [0.25, 0.3) is 0 Å². The van der Waals surface area contributed by atoms with Crippen molar-refractivity contribution in [3.05, 3.63) is 29.3 Å². The topological polar surface area (TPSA) is 114 Å². The molecule has 0 bridgehead atoms. The molecule has 1 saturated heterocycles. The van der Waals surface area contributed by atoms with Crippen molar-refractivity contribution in [3.8, 4) is 0 Å². The fraction of sp³-hybridized carbons (Fsp3) is 0.500. The predicted octanol–water partition coefficient (Wildman–Crippen LogP) is 2.52. The molecule has 11 heteroatoms. The van der Waals surface area contributed by atoms with Crippen LogP contribution < -0.4 is 0 Å². The van der Waals surface area contributed by atoms with Gasteiger partial charge < -0.3 is 23.7 Å². The second kappa shape index (κ2) is 11.4. The smallest absolute Gasteiger partial charge is 0.303 e. The van der Waals surface area contributed by atoms with E-state index in [1.54, 1.807) is 24.3 Å². The van der Waals surface area contributed by atoms with Gasteiger partial charge in [0.15, 0.2) is 18.3 Å². The van der Waals surface area contributed by atoms with E-state index in [0.717, 1.165) is 4.90 Å². The number of ether oxygens (including phenoxy) is 5. The summed E-state index contributed by atoms with van der Waals surface area (Å²) in [6.07, 6.45) is -4.45. The summed E-state index contributed by atoms with van der Waals surface area (Å²) in [5, 5.41) is 0.533. The third kappa shape index (κ3) is 7.71. The number of halogens is 1. The number of carbonyl (C=O) groups excluding carboxylic acids is 4. The molecule has 170 valence electrons. The molecule has 0 spiro atoms. The largest absolute Gasteiger partial charge is 0.463 e. The van der Waals surface area contributed by atoms with E-state index in [4.69, 9.17) is 35.3 Å². The highest BCUT2D eigenvalue weighted by Crippen LogP contribution is 2.37. The first kappa shape index (κ1) is 25.0. The lowest BCUT2D eigenvalue weighted by atomic mass is 9.99. The van der Waals surface area contributed by atoms with Crippen LogP contribution in [-0.2, 0) is 42.9 Å². The van der Waals surface area contributed by atoms with Crippen LogP contribution in [0, 0.1) is 0 Å². The summed E-state index contributed by atoms with van der Waals surface area (Å²) in [6, 6.07) is 6.83. The maximum Gasteiger partial charge on any atom is 0.303 e. The summed E-state index contributed by atoms with van der Waals surface area (Å²) in [6.45, 7) is 4.49. The van der Waals surface area contributed by atoms with Gasteiger partial charge in [-0.15, -0.1) is 0 Å². The fourth-order valence-corrected chi connectivity index (χ4v) is 4.16. The van der Waals surface area contributed by atoms with Crippen molar-refractivity contribution < 1.29 is 42.9 Å². The maximum absolute atomic E-state index is 11.8. The molecule has 31 heavy (non-hydrogen) atoms. The van der Waals surface area contributed by atoms with E-state index in [0.29, 0.717) is 5.02 Å². The zero-order chi connectivity index (χ0) is 23.1. The summed E-state index contributed by atoms with van der Waals surface area (Å²) in [5.74, 6) is -2.57. The van der Waals surface area contributed by atoms with Gasteiger partial charge in [-0.05, 0) is 24.3 Å². The van der Waals surface area contributed by atoms with Gasteiger partial charge in [-0.3, -0.25) is 19.2 Å². The lowest BCUT2D eigenvalue weighted by Crippen LogP contribution is -2.61. The van der Waals surface area contributed by atoms with Gasteiger partial charge in [-0.2, -0.15) is 0 Å². The quantitative estimate of drug-likeness (QED) is 0.431. The molecular formula is C20H23ClO9S. The second-order valence-electron chi connectivity index (χ2n) is 6.64. The highest BCUT2D eigenvalue weighted by atomic mass is 35.5. The Hall–Kier alpha value is -2.30. The molecule has 1 aromatic carbocycles. The van der Waals surface area contributed by atoms with E-state index in [-0.39, 0.29) is 6.61 Å². The molecule has 1 aromatic rings. The minimum Gasteiger partial charge on any atom is -0.463 e. The summed E-state index contributed by atoms with van der Waals surface area (Å²) < 4.78 is 27.2. The van der Waals surface area contributed by atoms with Crippen LogP contribution in [0.2, 0.25) is 5.02 Å². The lowest BCUT2D eigenvalue weighted by molar-refractivity contribution is -0.237. The first-order valence-corrected chi connectivity index (χ1v) is 10.5. The molecule has 0 saturated carbocycles. The Morgan fingerprint density at radius 1 is 0.839 bits per heavy atom. The van der Waals surface area contributed by atoms with E-state index in [2.05, 4.69) is 0 Å². The van der Waals surface area contributed by atoms with E-state index in [1.807, 2.05) is 0 Å². The summed E-state index contributed by atoms with van der Waals surface area (Å²) in [7, 11) is 0. The molecule has 9 nitrogen and oxygen atoms in total. The molecule has 1 aliphatic heterocycles. The van der Waals surface area contributed by atoms with E-state index < -0.39 is 53.7 Å². The number of hydrogen-bond acceptors (Lipinski definition) is 10. The SMILES string of the molecule is CC(=O)OC[C@@H]1O[C@@H](Sc2ccc(Cl)cc2)[C@@H](OC(C)=O)[C@@H](OC(C)=O)[C@H]1OC(C)=O. The lowest BCUT2D eigenvalue weighted by Gasteiger charge is -2.44. The standard InChI is InChI=1S/C20H23ClO9S/c1-10(22)26-9-16-17(27-11(2)23)18(28-12(3)24)19(29-13(4)25)20(30-16)31-15-7-5-14(21)6-8-15/h5-8,16-20H,9H2,1-4H3/t16-,17-,18-,19-,20-/m0/s1. The first-order chi connectivity index (χ1) is 14.6. The van der Waals surface area contributed by atoms with Crippen LogP contribution in [-0.4, -0.2) is 60.3 Å². The molecule has 1 heterocycles. The molecule has 2 rings (SSSR count). The van der Waals surface area contributed by atoms with Crippen LogP contribution in [0.1, 0.15) is 27.7 Å². The normalized spacial score (nSPS) is 25.3. The summed E-state index contributed by atoms with van der Waals surface area (Å²) in [4.78, 5) is 47.4. The van der Waals surface area contributed by atoms with Crippen LogP contribution in [0.4, 0.5) is 0 Å².